The first-order valence-electron chi connectivity index (χ1n) is 8.77. The molecule has 28 heavy (non-hydrogen) atoms. The Morgan fingerprint density at radius 3 is 2.93 bits per heavy atom. The maximum absolute atomic E-state index is 12.5. The lowest BCUT2D eigenvalue weighted by atomic mass is 10.2. The normalized spacial score (nSPS) is 12.0. The quantitative estimate of drug-likeness (QED) is 0.670. The molecule has 1 aliphatic rings. The topological polar surface area (TPSA) is 114 Å². The molecule has 1 aliphatic heterocycles. The van der Waals surface area contributed by atoms with Crippen molar-refractivity contribution in [1.29, 1.82) is 0 Å². The van der Waals surface area contributed by atoms with Crippen LogP contribution in [-0.4, -0.2) is 34.3 Å². The summed E-state index contributed by atoms with van der Waals surface area (Å²) in [4.78, 5) is 12.5. The average Bonchev–Trinajstić information content (AvgIpc) is 3.33. The standard InChI is InChI=1S/C19H19N5O4/c1-2-26-14-6-4-3-5-13(14)24-18(20)17(22-23-24)19(25)21-10-12-7-8-15-16(9-12)28-11-27-15/h3-9H,2,10-11,20H2,1H3,(H,21,25). The van der Waals surface area contributed by atoms with Gasteiger partial charge in [-0.3, -0.25) is 4.79 Å². The zero-order chi connectivity index (χ0) is 19.5. The van der Waals surface area contributed by atoms with Crippen LogP contribution in [-0.2, 0) is 6.54 Å². The number of nitrogens with zero attached hydrogens (tertiary/aromatic N) is 3. The molecule has 0 atom stereocenters. The summed E-state index contributed by atoms with van der Waals surface area (Å²) >= 11 is 0. The minimum absolute atomic E-state index is 0.0482. The van der Waals surface area contributed by atoms with Crippen molar-refractivity contribution in [2.45, 2.75) is 13.5 Å². The second-order valence-electron chi connectivity index (χ2n) is 6.01. The van der Waals surface area contributed by atoms with Gasteiger partial charge >= 0.3 is 0 Å². The number of aromatic nitrogens is 3. The molecule has 0 unspecified atom stereocenters. The third kappa shape index (κ3) is 3.29. The fraction of sp³-hybridized carbons (Fsp3) is 0.211. The summed E-state index contributed by atoms with van der Waals surface area (Å²) in [5.74, 6) is 1.67. The molecule has 2 heterocycles. The number of benzene rings is 2. The zero-order valence-electron chi connectivity index (χ0n) is 15.2. The Balaban J connectivity index is 1.50. The highest BCUT2D eigenvalue weighted by molar-refractivity contribution is 5.96. The van der Waals surface area contributed by atoms with Gasteiger partial charge in [0.05, 0.1) is 6.61 Å². The van der Waals surface area contributed by atoms with E-state index in [1.165, 1.54) is 4.68 Å². The van der Waals surface area contributed by atoms with E-state index < -0.39 is 5.91 Å². The van der Waals surface area contributed by atoms with Crippen molar-refractivity contribution in [3.63, 3.8) is 0 Å². The number of carbonyl (C=O) groups excluding carboxylic acids is 1. The third-order valence-electron chi connectivity index (χ3n) is 4.20. The summed E-state index contributed by atoms with van der Waals surface area (Å²) in [5.41, 5.74) is 7.66. The average molecular weight is 381 g/mol. The molecule has 4 rings (SSSR count). The van der Waals surface area contributed by atoms with Gasteiger partial charge in [0, 0.05) is 6.54 Å². The first-order valence-corrected chi connectivity index (χ1v) is 8.77. The van der Waals surface area contributed by atoms with Crippen molar-refractivity contribution >= 4 is 11.7 Å². The fourth-order valence-electron chi connectivity index (χ4n) is 2.86. The second kappa shape index (κ2) is 7.47. The van der Waals surface area contributed by atoms with Crippen molar-refractivity contribution < 1.29 is 19.0 Å². The molecule has 0 radical (unpaired) electrons. The van der Waals surface area contributed by atoms with Gasteiger partial charge in [-0.15, -0.1) is 5.10 Å². The second-order valence-corrected chi connectivity index (χ2v) is 6.01. The molecule has 0 aliphatic carbocycles. The Kier molecular flexibility index (Phi) is 4.71. The number of nitrogens with two attached hydrogens (primary N) is 1. The van der Waals surface area contributed by atoms with Gasteiger partial charge < -0.3 is 25.3 Å². The SMILES string of the molecule is CCOc1ccccc1-n1nnc(C(=O)NCc2ccc3c(c2)OCO3)c1N. The van der Waals surface area contributed by atoms with Crippen LogP contribution in [0, 0.1) is 0 Å². The van der Waals surface area contributed by atoms with Crippen molar-refractivity contribution in [2.75, 3.05) is 19.1 Å². The predicted octanol–water partition coefficient (Wildman–Crippen LogP) is 1.91. The van der Waals surface area contributed by atoms with Crippen LogP contribution in [0.15, 0.2) is 42.5 Å². The van der Waals surface area contributed by atoms with Crippen LogP contribution in [0.25, 0.3) is 5.69 Å². The van der Waals surface area contributed by atoms with Crippen LogP contribution in [0.5, 0.6) is 17.2 Å². The highest BCUT2D eigenvalue weighted by Gasteiger charge is 2.20. The van der Waals surface area contributed by atoms with Crippen LogP contribution < -0.4 is 25.3 Å². The van der Waals surface area contributed by atoms with Gasteiger partial charge in [0.2, 0.25) is 6.79 Å². The van der Waals surface area contributed by atoms with Crippen molar-refractivity contribution in [3.8, 4) is 22.9 Å². The van der Waals surface area contributed by atoms with Crippen LogP contribution in [0.2, 0.25) is 0 Å². The monoisotopic (exact) mass is 381 g/mol. The van der Waals surface area contributed by atoms with Gasteiger partial charge in [0.1, 0.15) is 11.4 Å². The minimum Gasteiger partial charge on any atom is -0.492 e. The molecule has 9 heteroatoms. The number of ether oxygens (including phenoxy) is 3. The molecule has 0 saturated heterocycles. The number of fused-ring (bicyclic) bond motifs is 1. The Labute approximate surface area is 161 Å². The number of para-hydroxylation sites is 2. The Bertz CT molecular complexity index is 1020. The molecule has 144 valence electrons. The van der Waals surface area contributed by atoms with Crippen molar-refractivity contribution in [1.82, 2.24) is 20.3 Å². The van der Waals surface area contributed by atoms with Gasteiger partial charge in [-0.1, -0.05) is 23.4 Å². The molecule has 9 nitrogen and oxygen atoms in total. The fourth-order valence-corrected chi connectivity index (χ4v) is 2.86. The van der Waals surface area contributed by atoms with E-state index in [1.807, 2.05) is 31.2 Å². The van der Waals surface area contributed by atoms with Gasteiger partial charge in [0.25, 0.3) is 5.91 Å². The maximum atomic E-state index is 12.5. The summed E-state index contributed by atoms with van der Waals surface area (Å²) in [6.07, 6.45) is 0. The molecular weight excluding hydrogens is 362 g/mol. The van der Waals surface area contributed by atoms with E-state index in [0.717, 1.165) is 5.56 Å². The molecule has 3 aromatic rings. The van der Waals surface area contributed by atoms with Gasteiger partial charge in [0.15, 0.2) is 23.0 Å². The van der Waals surface area contributed by atoms with Gasteiger partial charge in [-0.25, -0.2) is 0 Å². The van der Waals surface area contributed by atoms with E-state index in [2.05, 4.69) is 15.6 Å². The molecule has 1 aromatic heterocycles. The van der Waals surface area contributed by atoms with E-state index >= 15 is 0 Å². The number of nitrogen functional groups attached to an aromatic ring is 1. The Morgan fingerprint density at radius 2 is 2.07 bits per heavy atom. The summed E-state index contributed by atoms with van der Waals surface area (Å²) < 4.78 is 17.6. The summed E-state index contributed by atoms with van der Waals surface area (Å²) in [6, 6.07) is 12.8. The van der Waals surface area contributed by atoms with Crippen molar-refractivity contribution in [2.24, 2.45) is 0 Å². The highest BCUT2D eigenvalue weighted by Crippen LogP contribution is 2.32. The van der Waals surface area contributed by atoms with Crippen LogP contribution in [0.3, 0.4) is 0 Å². The van der Waals surface area contributed by atoms with E-state index in [-0.39, 0.29) is 24.8 Å². The summed E-state index contributed by atoms with van der Waals surface area (Å²) in [6.45, 7) is 2.87. The van der Waals surface area contributed by atoms with Crippen LogP contribution in [0.4, 0.5) is 5.82 Å². The van der Waals surface area contributed by atoms with Gasteiger partial charge in [-0.05, 0) is 36.8 Å². The Morgan fingerprint density at radius 1 is 1.25 bits per heavy atom. The van der Waals surface area contributed by atoms with E-state index in [9.17, 15) is 4.79 Å². The largest absolute Gasteiger partial charge is 0.492 e. The zero-order valence-corrected chi connectivity index (χ0v) is 15.2. The maximum Gasteiger partial charge on any atom is 0.275 e. The number of nitrogens with one attached hydrogen (secondary N) is 1. The van der Waals surface area contributed by atoms with E-state index in [4.69, 9.17) is 19.9 Å². The molecule has 0 spiro atoms. The van der Waals surface area contributed by atoms with Crippen molar-refractivity contribution in [3.05, 3.63) is 53.7 Å². The highest BCUT2D eigenvalue weighted by atomic mass is 16.7. The smallest absolute Gasteiger partial charge is 0.275 e. The van der Waals surface area contributed by atoms with Gasteiger partial charge in [-0.2, -0.15) is 4.68 Å². The van der Waals surface area contributed by atoms with Crippen LogP contribution in [0.1, 0.15) is 23.0 Å². The molecule has 2 aromatic carbocycles. The molecule has 0 saturated carbocycles. The third-order valence-corrected chi connectivity index (χ3v) is 4.20. The predicted molar refractivity (Wildman–Crippen MR) is 101 cm³/mol. The Hall–Kier alpha value is -3.75. The molecule has 0 bridgehead atoms. The lowest BCUT2D eigenvalue weighted by molar-refractivity contribution is 0.0946. The lowest BCUT2D eigenvalue weighted by Gasteiger charge is -2.10. The first kappa shape index (κ1) is 17.7. The van der Waals surface area contributed by atoms with Crippen LogP contribution >= 0.6 is 0 Å². The summed E-state index contributed by atoms with van der Waals surface area (Å²) in [5, 5.41) is 10.7. The molecule has 0 fully saturated rings. The number of carbonyl (C=O) groups is 1. The number of amides is 1. The van der Waals surface area contributed by atoms with E-state index in [0.29, 0.717) is 29.5 Å². The number of rotatable bonds is 6. The number of anilines is 1. The number of hydrogen-bond donors (Lipinski definition) is 2. The van der Waals surface area contributed by atoms with E-state index in [1.54, 1.807) is 18.2 Å². The first-order chi connectivity index (χ1) is 13.7. The molecular formula is C19H19N5O4. The molecule has 1 amide bonds. The lowest BCUT2D eigenvalue weighted by Crippen LogP contribution is -2.24. The number of hydrogen-bond acceptors (Lipinski definition) is 7. The minimum atomic E-state index is -0.421. The molecule has 3 N–H and O–H groups in total. The summed E-state index contributed by atoms with van der Waals surface area (Å²) in [7, 11) is 0.